The lowest BCUT2D eigenvalue weighted by molar-refractivity contribution is -0.115. The third kappa shape index (κ3) is 5.89. The molecule has 0 spiro atoms. The molecular weight excluding hydrogens is 394 g/mol. The Bertz CT molecular complexity index is 843. The first-order valence-corrected chi connectivity index (χ1v) is 10.4. The lowest BCUT2D eigenvalue weighted by Gasteiger charge is -2.14. The Balaban J connectivity index is 0.00000338. The van der Waals surface area contributed by atoms with Crippen LogP contribution < -0.4 is 11.1 Å². The van der Waals surface area contributed by atoms with E-state index in [1.165, 1.54) is 18.0 Å². The number of halogens is 1. The highest BCUT2D eigenvalue weighted by Crippen LogP contribution is 2.31. The van der Waals surface area contributed by atoms with Crippen LogP contribution in [0.15, 0.2) is 52.4 Å². The van der Waals surface area contributed by atoms with Gasteiger partial charge in [-0.2, -0.15) is 0 Å². The number of pyridine rings is 1. The van der Waals surface area contributed by atoms with Crippen LogP contribution in [0.5, 0.6) is 0 Å². The molecular formula is C17H22ClN3O3S2. The topological polar surface area (TPSA) is 102 Å². The predicted molar refractivity (Wildman–Crippen MR) is 109 cm³/mol. The number of anilines is 2. The summed E-state index contributed by atoms with van der Waals surface area (Å²) in [5.41, 5.74) is 6.06. The third-order valence-corrected chi connectivity index (χ3v) is 6.66. The van der Waals surface area contributed by atoms with Crippen LogP contribution in [0, 0.1) is 0 Å². The van der Waals surface area contributed by atoms with Gasteiger partial charge in [0.05, 0.1) is 27.8 Å². The summed E-state index contributed by atoms with van der Waals surface area (Å²) in [6.45, 7) is 3.55. The van der Waals surface area contributed by atoms with Gasteiger partial charge < -0.3 is 11.1 Å². The molecule has 26 heavy (non-hydrogen) atoms. The van der Waals surface area contributed by atoms with Gasteiger partial charge in [-0.05, 0) is 37.6 Å². The van der Waals surface area contributed by atoms with Crippen LogP contribution in [0.3, 0.4) is 0 Å². The van der Waals surface area contributed by atoms with E-state index in [4.69, 9.17) is 5.73 Å². The number of benzene rings is 1. The smallest absolute Gasteiger partial charge is 0.237 e. The Hall–Kier alpha value is -1.77. The van der Waals surface area contributed by atoms with Crippen molar-refractivity contribution in [3.05, 3.63) is 42.6 Å². The van der Waals surface area contributed by atoms with E-state index < -0.39 is 15.1 Å². The van der Waals surface area contributed by atoms with Crippen molar-refractivity contribution in [2.75, 3.05) is 16.8 Å². The molecule has 3 N–H and O–H groups in total. The van der Waals surface area contributed by atoms with Gasteiger partial charge in [-0.1, -0.05) is 19.1 Å². The SMILES string of the molecule is CCCS(=O)(=O)c1ccccc1SC(C)C(=O)Nc1ccc(N)nc1.Cl. The number of carbonyl (C=O) groups is 1. The van der Waals surface area contributed by atoms with Crippen molar-refractivity contribution in [1.29, 1.82) is 0 Å². The highest BCUT2D eigenvalue weighted by molar-refractivity contribution is 8.01. The molecule has 9 heteroatoms. The van der Waals surface area contributed by atoms with Gasteiger partial charge in [-0.25, -0.2) is 13.4 Å². The fourth-order valence-electron chi connectivity index (χ4n) is 2.15. The number of hydrogen-bond acceptors (Lipinski definition) is 6. The maximum atomic E-state index is 12.4. The van der Waals surface area contributed by atoms with Crippen molar-refractivity contribution in [1.82, 2.24) is 4.98 Å². The Morgan fingerprint density at radius 1 is 1.27 bits per heavy atom. The molecule has 0 bridgehead atoms. The summed E-state index contributed by atoms with van der Waals surface area (Å²) in [5, 5.41) is 2.27. The van der Waals surface area contributed by atoms with Crippen LogP contribution in [0.25, 0.3) is 0 Å². The average molecular weight is 416 g/mol. The summed E-state index contributed by atoms with van der Waals surface area (Å²) in [5.74, 6) is 0.220. The second kappa shape index (κ2) is 9.80. The number of nitrogen functional groups attached to an aromatic ring is 1. The molecule has 0 aliphatic rings. The van der Waals surface area contributed by atoms with Crippen LogP contribution in [-0.4, -0.2) is 30.3 Å². The maximum Gasteiger partial charge on any atom is 0.237 e. The molecule has 1 heterocycles. The lowest BCUT2D eigenvalue weighted by atomic mass is 10.3. The van der Waals surface area contributed by atoms with Crippen molar-refractivity contribution in [2.24, 2.45) is 0 Å². The molecule has 0 aliphatic carbocycles. The van der Waals surface area contributed by atoms with E-state index in [9.17, 15) is 13.2 Å². The standard InChI is InChI=1S/C17H21N3O3S2.ClH/c1-3-10-25(22,23)15-7-5-4-6-14(15)24-12(2)17(21)20-13-8-9-16(18)19-11-13;/h4-9,11-12H,3,10H2,1-2H3,(H2,18,19)(H,20,21);1H. The zero-order chi connectivity index (χ0) is 18.4. The molecule has 1 aromatic carbocycles. The van der Waals surface area contributed by atoms with Crippen LogP contribution in [0.2, 0.25) is 0 Å². The quantitative estimate of drug-likeness (QED) is 0.672. The van der Waals surface area contributed by atoms with Crippen LogP contribution in [0.1, 0.15) is 20.3 Å². The Labute approximate surface area is 164 Å². The minimum atomic E-state index is -3.35. The van der Waals surface area contributed by atoms with E-state index in [2.05, 4.69) is 10.3 Å². The van der Waals surface area contributed by atoms with Gasteiger partial charge >= 0.3 is 0 Å². The number of hydrogen-bond donors (Lipinski definition) is 2. The maximum absolute atomic E-state index is 12.4. The molecule has 142 valence electrons. The van der Waals surface area contributed by atoms with Crippen LogP contribution >= 0.6 is 24.2 Å². The molecule has 0 saturated heterocycles. The number of nitrogens with one attached hydrogen (secondary N) is 1. The molecule has 1 atom stereocenters. The van der Waals surface area contributed by atoms with Gasteiger partial charge in [0.1, 0.15) is 5.82 Å². The fourth-order valence-corrected chi connectivity index (χ4v) is 4.98. The Morgan fingerprint density at radius 3 is 2.58 bits per heavy atom. The molecule has 6 nitrogen and oxygen atoms in total. The van der Waals surface area contributed by atoms with Crippen molar-refractivity contribution in [3.8, 4) is 0 Å². The number of sulfone groups is 1. The van der Waals surface area contributed by atoms with Crippen molar-refractivity contribution in [3.63, 3.8) is 0 Å². The number of thioether (sulfide) groups is 1. The van der Waals surface area contributed by atoms with Gasteiger partial charge in [-0.3, -0.25) is 4.79 Å². The number of carbonyl (C=O) groups excluding carboxylic acids is 1. The first-order valence-electron chi connectivity index (χ1n) is 7.84. The zero-order valence-corrected chi connectivity index (χ0v) is 17.0. The summed E-state index contributed by atoms with van der Waals surface area (Å²) in [7, 11) is -3.35. The molecule has 1 unspecified atom stereocenters. The predicted octanol–water partition coefficient (Wildman–Crippen LogP) is 3.39. The molecule has 1 aromatic heterocycles. The normalized spacial score (nSPS) is 12.1. The number of rotatable bonds is 7. The summed E-state index contributed by atoms with van der Waals surface area (Å²) < 4.78 is 24.8. The summed E-state index contributed by atoms with van der Waals surface area (Å²) >= 11 is 1.22. The molecule has 0 fully saturated rings. The largest absolute Gasteiger partial charge is 0.384 e. The monoisotopic (exact) mass is 415 g/mol. The van der Waals surface area contributed by atoms with Crippen molar-refractivity contribution in [2.45, 2.75) is 35.3 Å². The molecule has 1 amide bonds. The average Bonchev–Trinajstić information content (AvgIpc) is 2.57. The van der Waals surface area contributed by atoms with E-state index in [0.717, 1.165) is 0 Å². The van der Waals surface area contributed by atoms with Crippen molar-refractivity contribution < 1.29 is 13.2 Å². The van der Waals surface area contributed by atoms with Gasteiger partial charge in [0.15, 0.2) is 9.84 Å². The molecule has 2 aromatic rings. The number of aromatic nitrogens is 1. The first-order chi connectivity index (χ1) is 11.8. The second-order valence-electron chi connectivity index (χ2n) is 5.49. The van der Waals surface area contributed by atoms with Gasteiger partial charge in [0.25, 0.3) is 0 Å². The van der Waals surface area contributed by atoms with Crippen molar-refractivity contribution >= 4 is 51.4 Å². The second-order valence-corrected chi connectivity index (χ2v) is 8.95. The Kier molecular flexibility index (Phi) is 8.39. The van der Waals surface area contributed by atoms with E-state index in [1.54, 1.807) is 43.3 Å². The van der Waals surface area contributed by atoms with Gasteiger partial charge in [-0.15, -0.1) is 24.2 Å². The molecule has 2 rings (SSSR count). The highest BCUT2D eigenvalue weighted by Gasteiger charge is 2.21. The first kappa shape index (κ1) is 22.3. The molecule has 0 radical (unpaired) electrons. The number of nitrogens with two attached hydrogens (primary N) is 1. The number of amides is 1. The minimum Gasteiger partial charge on any atom is -0.384 e. The number of nitrogens with zero attached hydrogens (tertiary/aromatic N) is 1. The third-order valence-electron chi connectivity index (χ3n) is 3.38. The fraction of sp³-hybridized carbons (Fsp3) is 0.294. The molecule has 0 aliphatic heterocycles. The molecule has 0 saturated carbocycles. The van der Waals surface area contributed by atoms with E-state index in [1.807, 2.05) is 6.92 Å². The Morgan fingerprint density at radius 2 is 1.96 bits per heavy atom. The van der Waals surface area contributed by atoms with Gasteiger partial charge in [0, 0.05) is 4.90 Å². The van der Waals surface area contributed by atoms with Crippen LogP contribution in [0.4, 0.5) is 11.5 Å². The van der Waals surface area contributed by atoms with E-state index >= 15 is 0 Å². The summed E-state index contributed by atoms with van der Waals surface area (Å²) in [4.78, 5) is 17.1. The highest BCUT2D eigenvalue weighted by atomic mass is 35.5. The van der Waals surface area contributed by atoms with E-state index in [-0.39, 0.29) is 29.0 Å². The van der Waals surface area contributed by atoms with Crippen LogP contribution in [-0.2, 0) is 14.6 Å². The van der Waals surface area contributed by atoms with Gasteiger partial charge in [0.2, 0.25) is 5.91 Å². The summed E-state index contributed by atoms with van der Waals surface area (Å²) in [6.07, 6.45) is 2.02. The minimum absolute atomic E-state index is 0. The van der Waals surface area contributed by atoms with E-state index in [0.29, 0.717) is 22.8 Å². The lowest BCUT2D eigenvalue weighted by Crippen LogP contribution is -2.22. The summed E-state index contributed by atoms with van der Waals surface area (Å²) in [6, 6.07) is 10.0. The zero-order valence-electron chi connectivity index (χ0n) is 14.5.